The fourth-order valence-electron chi connectivity index (χ4n) is 2.74. The summed E-state index contributed by atoms with van der Waals surface area (Å²) in [6.45, 7) is 2.90. The summed E-state index contributed by atoms with van der Waals surface area (Å²) >= 11 is 1.44. The van der Waals surface area contributed by atoms with E-state index < -0.39 is 0 Å². The highest BCUT2D eigenvalue weighted by atomic mass is 32.2. The first-order valence-electron chi connectivity index (χ1n) is 8.88. The van der Waals surface area contributed by atoms with Gasteiger partial charge in [0.2, 0.25) is 5.91 Å². The van der Waals surface area contributed by atoms with Gasteiger partial charge in [0.1, 0.15) is 5.25 Å². The number of amides is 1. The molecule has 0 aliphatic heterocycles. The minimum atomic E-state index is -0.369. The lowest BCUT2D eigenvalue weighted by atomic mass is 10.1. The van der Waals surface area contributed by atoms with Gasteiger partial charge in [-0.2, -0.15) is 0 Å². The molecule has 0 unspecified atom stereocenters. The van der Waals surface area contributed by atoms with Crippen molar-refractivity contribution in [3.05, 3.63) is 60.4 Å². The molecule has 2 aromatic heterocycles. The molecule has 0 fully saturated rings. The highest BCUT2D eigenvalue weighted by Gasteiger charge is 2.27. The van der Waals surface area contributed by atoms with E-state index in [0.717, 1.165) is 35.1 Å². The van der Waals surface area contributed by atoms with E-state index in [2.05, 4.69) is 26.7 Å². The molecule has 27 heavy (non-hydrogen) atoms. The molecule has 0 aliphatic carbocycles. The van der Waals surface area contributed by atoms with Crippen molar-refractivity contribution in [1.82, 2.24) is 24.6 Å². The third kappa shape index (κ3) is 4.36. The lowest BCUT2D eigenvalue weighted by molar-refractivity contribution is -0.128. The monoisotopic (exact) mass is 381 g/mol. The first-order chi connectivity index (χ1) is 13.1. The SMILES string of the molecule is CCCn1c(S[C@H](C(=O)N(C)C)c2ccccc2)nnc1-c1ccncc1. The Kier molecular flexibility index (Phi) is 6.24. The molecular weight excluding hydrogens is 358 g/mol. The summed E-state index contributed by atoms with van der Waals surface area (Å²) in [5.74, 6) is 0.827. The molecule has 1 amide bonds. The van der Waals surface area contributed by atoms with Gasteiger partial charge in [-0.1, -0.05) is 49.0 Å². The molecule has 0 spiro atoms. The average molecular weight is 382 g/mol. The lowest BCUT2D eigenvalue weighted by Crippen LogP contribution is -2.27. The number of rotatable bonds is 7. The summed E-state index contributed by atoms with van der Waals surface area (Å²) in [5, 5.41) is 9.17. The number of likely N-dealkylation sites (N-methyl/N-ethyl adjacent to an activating group) is 1. The van der Waals surface area contributed by atoms with Crippen molar-refractivity contribution in [3.8, 4) is 11.4 Å². The van der Waals surface area contributed by atoms with E-state index in [9.17, 15) is 4.79 Å². The molecule has 0 bridgehead atoms. The summed E-state index contributed by atoms with van der Waals surface area (Å²) in [6.07, 6.45) is 4.44. The largest absolute Gasteiger partial charge is 0.348 e. The molecule has 6 nitrogen and oxygen atoms in total. The predicted octanol–water partition coefficient (Wildman–Crippen LogP) is 3.67. The maximum Gasteiger partial charge on any atom is 0.240 e. The van der Waals surface area contributed by atoms with Crippen molar-refractivity contribution in [2.45, 2.75) is 30.3 Å². The molecule has 3 aromatic rings. The molecule has 1 atom stereocenters. The highest BCUT2D eigenvalue weighted by molar-refractivity contribution is 8.00. The number of hydrogen-bond donors (Lipinski definition) is 0. The maximum absolute atomic E-state index is 12.8. The predicted molar refractivity (Wildman–Crippen MR) is 107 cm³/mol. The van der Waals surface area contributed by atoms with Crippen LogP contribution in [0.25, 0.3) is 11.4 Å². The molecule has 1 aromatic carbocycles. The van der Waals surface area contributed by atoms with Crippen molar-refractivity contribution in [3.63, 3.8) is 0 Å². The Labute approximate surface area is 163 Å². The second-order valence-corrected chi connectivity index (χ2v) is 7.41. The van der Waals surface area contributed by atoms with Gasteiger partial charge in [-0.15, -0.1) is 10.2 Å². The first kappa shape index (κ1) is 19.1. The molecule has 0 saturated heterocycles. The van der Waals surface area contributed by atoms with Crippen LogP contribution in [0.5, 0.6) is 0 Å². The van der Waals surface area contributed by atoms with Crippen LogP contribution in [0.15, 0.2) is 60.0 Å². The Morgan fingerprint density at radius 2 is 1.81 bits per heavy atom. The number of carbonyl (C=O) groups is 1. The van der Waals surface area contributed by atoms with Crippen molar-refractivity contribution >= 4 is 17.7 Å². The zero-order valence-electron chi connectivity index (χ0n) is 15.7. The normalized spacial score (nSPS) is 12.0. The van der Waals surface area contributed by atoms with Gasteiger partial charge in [0.15, 0.2) is 11.0 Å². The van der Waals surface area contributed by atoms with Crippen LogP contribution in [0.4, 0.5) is 0 Å². The van der Waals surface area contributed by atoms with Gasteiger partial charge in [-0.3, -0.25) is 9.78 Å². The summed E-state index contributed by atoms with van der Waals surface area (Å²) in [6, 6.07) is 13.6. The molecule has 2 heterocycles. The van der Waals surface area contributed by atoms with E-state index >= 15 is 0 Å². The van der Waals surface area contributed by atoms with Crippen LogP contribution >= 0.6 is 11.8 Å². The van der Waals surface area contributed by atoms with E-state index in [0.29, 0.717) is 0 Å². The smallest absolute Gasteiger partial charge is 0.240 e. The summed E-state index contributed by atoms with van der Waals surface area (Å²) in [4.78, 5) is 18.5. The van der Waals surface area contributed by atoms with Crippen LogP contribution in [0.2, 0.25) is 0 Å². The van der Waals surface area contributed by atoms with Gasteiger partial charge in [0.25, 0.3) is 0 Å². The van der Waals surface area contributed by atoms with Crippen LogP contribution in [-0.4, -0.2) is 44.7 Å². The van der Waals surface area contributed by atoms with Gasteiger partial charge in [0, 0.05) is 38.6 Å². The topological polar surface area (TPSA) is 63.9 Å². The third-order valence-corrected chi connectivity index (χ3v) is 5.32. The number of benzene rings is 1. The molecule has 0 aliphatic rings. The van der Waals surface area contributed by atoms with E-state index in [1.807, 2.05) is 42.5 Å². The number of aromatic nitrogens is 4. The second-order valence-electron chi connectivity index (χ2n) is 6.33. The van der Waals surface area contributed by atoms with Crippen molar-refractivity contribution in [2.24, 2.45) is 0 Å². The summed E-state index contributed by atoms with van der Waals surface area (Å²) in [7, 11) is 3.55. The van der Waals surface area contributed by atoms with E-state index in [1.54, 1.807) is 31.4 Å². The fourth-order valence-corrected chi connectivity index (χ4v) is 3.95. The van der Waals surface area contributed by atoms with Gasteiger partial charge in [0.05, 0.1) is 0 Å². The quantitative estimate of drug-likeness (QED) is 0.584. The van der Waals surface area contributed by atoms with Crippen LogP contribution in [-0.2, 0) is 11.3 Å². The Morgan fingerprint density at radius 1 is 1.11 bits per heavy atom. The van der Waals surface area contributed by atoms with Crippen molar-refractivity contribution in [1.29, 1.82) is 0 Å². The standard InChI is InChI=1S/C20H23N5OS/c1-4-14-25-18(16-10-12-21-13-11-16)22-23-20(25)27-17(19(26)24(2)3)15-8-6-5-7-9-15/h5-13,17H,4,14H2,1-3H3/t17-/m0/s1. The molecule has 0 radical (unpaired) electrons. The van der Waals surface area contributed by atoms with Gasteiger partial charge in [-0.05, 0) is 24.1 Å². The maximum atomic E-state index is 12.8. The number of hydrogen-bond acceptors (Lipinski definition) is 5. The number of thioether (sulfide) groups is 1. The number of carbonyl (C=O) groups excluding carboxylic acids is 1. The summed E-state index contributed by atoms with van der Waals surface area (Å²) < 4.78 is 2.08. The molecule has 7 heteroatoms. The van der Waals surface area contributed by atoms with Crippen LogP contribution in [0.1, 0.15) is 24.2 Å². The molecule has 140 valence electrons. The molecule has 0 saturated carbocycles. The number of nitrogens with zero attached hydrogens (tertiary/aromatic N) is 5. The zero-order valence-corrected chi connectivity index (χ0v) is 16.6. The minimum absolute atomic E-state index is 0.0303. The fraction of sp³-hybridized carbons (Fsp3) is 0.300. The van der Waals surface area contributed by atoms with Gasteiger partial charge in [-0.25, -0.2) is 0 Å². The molecule has 3 rings (SSSR count). The zero-order chi connectivity index (χ0) is 19.2. The van der Waals surface area contributed by atoms with Crippen molar-refractivity contribution in [2.75, 3.05) is 14.1 Å². The van der Waals surface area contributed by atoms with Gasteiger partial charge < -0.3 is 9.47 Å². The van der Waals surface area contributed by atoms with E-state index in [-0.39, 0.29) is 11.2 Å². The van der Waals surface area contributed by atoms with Gasteiger partial charge >= 0.3 is 0 Å². The van der Waals surface area contributed by atoms with Crippen LogP contribution < -0.4 is 0 Å². The molecular formula is C20H23N5OS. The van der Waals surface area contributed by atoms with Crippen LogP contribution in [0, 0.1) is 0 Å². The number of pyridine rings is 1. The Bertz CT molecular complexity index is 880. The Hall–Kier alpha value is -2.67. The minimum Gasteiger partial charge on any atom is -0.348 e. The third-order valence-electron chi connectivity index (χ3n) is 4.09. The Balaban J connectivity index is 1.99. The van der Waals surface area contributed by atoms with Crippen molar-refractivity contribution < 1.29 is 4.79 Å². The average Bonchev–Trinajstić information content (AvgIpc) is 3.09. The van der Waals surface area contributed by atoms with E-state index in [1.165, 1.54) is 11.8 Å². The summed E-state index contributed by atoms with van der Waals surface area (Å²) in [5.41, 5.74) is 1.92. The second kappa shape index (κ2) is 8.81. The lowest BCUT2D eigenvalue weighted by Gasteiger charge is -2.20. The van der Waals surface area contributed by atoms with E-state index in [4.69, 9.17) is 0 Å². The first-order valence-corrected chi connectivity index (χ1v) is 9.76. The molecule has 0 N–H and O–H groups in total. The van der Waals surface area contributed by atoms with Crippen LogP contribution in [0.3, 0.4) is 0 Å². The highest BCUT2D eigenvalue weighted by Crippen LogP contribution is 2.37. The Morgan fingerprint density at radius 3 is 2.44 bits per heavy atom.